The van der Waals surface area contributed by atoms with E-state index in [0.717, 1.165) is 28.2 Å². The second-order valence-corrected chi connectivity index (χ2v) is 7.49. The quantitative estimate of drug-likeness (QED) is 0.663. The predicted molar refractivity (Wildman–Crippen MR) is 96.5 cm³/mol. The van der Waals surface area contributed by atoms with Crippen LogP contribution in [0.15, 0.2) is 35.7 Å². The zero-order valence-corrected chi connectivity index (χ0v) is 15.1. The molecule has 1 aliphatic carbocycles. The van der Waals surface area contributed by atoms with Crippen molar-refractivity contribution < 1.29 is 19.1 Å². The van der Waals surface area contributed by atoms with Crippen LogP contribution in [0.25, 0.3) is 0 Å². The number of hydrogen-bond donors (Lipinski definition) is 1. The summed E-state index contributed by atoms with van der Waals surface area (Å²) in [7, 11) is 1.52. The van der Waals surface area contributed by atoms with E-state index in [9.17, 15) is 14.4 Å². The topological polar surface area (TPSA) is 75.7 Å². The van der Waals surface area contributed by atoms with Gasteiger partial charge in [0.15, 0.2) is 5.78 Å². The molecule has 3 amide bonds. The number of rotatable bonds is 4. The van der Waals surface area contributed by atoms with Crippen molar-refractivity contribution in [2.24, 2.45) is 0 Å². The van der Waals surface area contributed by atoms with Crippen molar-refractivity contribution in [1.29, 1.82) is 0 Å². The predicted octanol–water partition coefficient (Wildman–Crippen LogP) is 2.72. The first-order chi connectivity index (χ1) is 12.5. The first-order valence-corrected chi connectivity index (χ1v) is 9.31. The highest BCUT2D eigenvalue weighted by Crippen LogP contribution is 2.42. The van der Waals surface area contributed by atoms with Crippen molar-refractivity contribution in [3.05, 3.63) is 51.7 Å². The zero-order valence-electron chi connectivity index (χ0n) is 14.3. The number of amides is 3. The largest absolute Gasteiger partial charge is 0.497 e. The highest BCUT2D eigenvalue weighted by atomic mass is 32.1. The summed E-state index contributed by atoms with van der Waals surface area (Å²) in [5, 5.41) is 4.80. The molecule has 4 rings (SSSR count). The van der Waals surface area contributed by atoms with E-state index < -0.39 is 11.6 Å². The average Bonchev–Trinajstić information content (AvgIpc) is 3.22. The third-order valence-corrected chi connectivity index (χ3v) is 6.01. The van der Waals surface area contributed by atoms with Gasteiger partial charge in [-0.15, -0.1) is 11.3 Å². The molecule has 1 atom stereocenters. The Labute approximate surface area is 154 Å². The molecule has 2 aliphatic rings. The van der Waals surface area contributed by atoms with E-state index in [4.69, 9.17) is 4.74 Å². The number of ether oxygens (including phenoxy) is 1. The summed E-state index contributed by atoms with van der Waals surface area (Å²) in [6, 6.07) is 8.10. The van der Waals surface area contributed by atoms with Gasteiger partial charge < -0.3 is 10.1 Å². The molecule has 0 radical (unpaired) electrons. The molecule has 134 valence electrons. The monoisotopic (exact) mass is 370 g/mol. The van der Waals surface area contributed by atoms with E-state index in [1.165, 1.54) is 7.11 Å². The molecule has 1 fully saturated rings. The zero-order chi connectivity index (χ0) is 18.3. The Morgan fingerprint density at radius 2 is 2.19 bits per heavy atom. The molecule has 26 heavy (non-hydrogen) atoms. The van der Waals surface area contributed by atoms with E-state index in [-0.39, 0.29) is 18.2 Å². The normalized spacial score (nSPS) is 21.7. The van der Waals surface area contributed by atoms with Crippen molar-refractivity contribution in [1.82, 2.24) is 10.2 Å². The fourth-order valence-corrected chi connectivity index (χ4v) is 4.72. The minimum atomic E-state index is -1.01. The SMILES string of the molecule is COc1cccc(C(=O)CN2C(=O)N[C@]3(CCCc4sccc43)C2=O)c1. The fourth-order valence-electron chi connectivity index (χ4n) is 3.72. The first-order valence-electron chi connectivity index (χ1n) is 8.43. The van der Waals surface area contributed by atoms with Gasteiger partial charge in [-0.2, -0.15) is 0 Å². The van der Waals surface area contributed by atoms with E-state index in [1.54, 1.807) is 35.6 Å². The van der Waals surface area contributed by atoms with Crippen LogP contribution in [0.2, 0.25) is 0 Å². The molecular formula is C19H18N2O4S. The molecule has 1 aromatic heterocycles. The number of nitrogens with zero attached hydrogens (tertiary/aromatic N) is 1. The van der Waals surface area contributed by atoms with Crippen molar-refractivity contribution in [3.63, 3.8) is 0 Å². The molecule has 1 saturated heterocycles. The first kappa shape index (κ1) is 16.8. The van der Waals surface area contributed by atoms with Gasteiger partial charge in [0, 0.05) is 16.0 Å². The summed E-state index contributed by atoms with van der Waals surface area (Å²) in [4.78, 5) is 40.4. The maximum absolute atomic E-state index is 13.1. The molecule has 0 saturated carbocycles. The lowest BCUT2D eigenvalue weighted by Gasteiger charge is -2.31. The van der Waals surface area contributed by atoms with E-state index in [1.807, 2.05) is 11.4 Å². The van der Waals surface area contributed by atoms with Crippen molar-refractivity contribution in [3.8, 4) is 5.75 Å². The number of Topliss-reactive ketones (excluding diaryl/α,β-unsaturated/α-hetero) is 1. The summed E-state index contributed by atoms with van der Waals surface area (Å²) in [5.41, 5.74) is 0.272. The summed E-state index contributed by atoms with van der Waals surface area (Å²) in [5.74, 6) is -0.0800. The number of hydrogen-bond acceptors (Lipinski definition) is 5. The van der Waals surface area contributed by atoms with E-state index >= 15 is 0 Å². The molecule has 7 heteroatoms. The molecule has 0 bridgehead atoms. The van der Waals surface area contributed by atoms with Crippen LogP contribution in [-0.2, 0) is 16.8 Å². The number of benzene rings is 1. The Morgan fingerprint density at radius 1 is 1.35 bits per heavy atom. The van der Waals surface area contributed by atoms with E-state index in [0.29, 0.717) is 17.7 Å². The van der Waals surface area contributed by atoms with Crippen LogP contribution < -0.4 is 10.1 Å². The highest BCUT2D eigenvalue weighted by Gasteiger charge is 2.54. The second kappa shape index (κ2) is 6.25. The number of thiophene rings is 1. The van der Waals surface area contributed by atoms with Crippen molar-refractivity contribution >= 4 is 29.1 Å². The van der Waals surface area contributed by atoms with Gasteiger partial charge in [-0.25, -0.2) is 4.79 Å². The lowest BCUT2D eigenvalue weighted by molar-refractivity contribution is -0.131. The van der Waals surface area contributed by atoms with Crippen molar-refractivity contribution in [2.45, 2.75) is 24.8 Å². The summed E-state index contributed by atoms with van der Waals surface area (Å²) < 4.78 is 5.13. The number of urea groups is 1. The summed E-state index contributed by atoms with van der Waals surface area (Å²) in [6.45, 7) is -0.279. The lowest BCUT2D eigenvalue weighted by Crippen LogP contribution is -2.46. The number of carbonyl (C=O) groups is 3. The standard InChI is InChI=1S/C19H18N2O4S/c1-25-13-5-2-4-12(10-13)15(22)11-21-17(23)19(20-18(21)24)8-3-6-16-14(19)7-9-26-16/h2,4-5,7,9-10H,3,6,8,11H2,1H3,(H,20,24)/t19-/m0/s1. The lowest BCUT2D eigenvalue weighted by atomic mass is 9.80. The van der Waals surface area contributed by atoms with Gasteiger partial charge in [0.1, 0.15) is 11.3 Å². The Hall–Kier alpha value is -2.67. The van der Waals surface area contributed by atoms with Crippen LogP contribution in [0.1, 0.15) is 33.6 Å². The van der Waals surface area contributed by atoms with Crippen LogP contribution in [0, 0.1) is 0 Å². The Morgan fingerprint density at radius 3 is 3.00 bits per heavy atom. The molecule has 0 unspecified atom stereocenters. The van der Waals surface area contributed by atoms with E-state index in [2.05, 4.69) is 5.32 Å². The Balaban J connectivity index is 1.60. The number of methoxy groups -OCH3 is 1. The van der Waals surface area contributed by atoms with Crippen LogP contribution in [-0.4, -0.2) is 36.3 Å². The van der Waals surface area contributed by atoms with Gasteiger partial charge in [-0.1, -0.05) is 12.1 Å². The number of aryl methyl sites for hydroxylation is 1. The summed E-state index contributed by atoms with van der Waals surface area (Å²) in [6.07, 6.45) is 2.31. The number of imide groups is 1. The molecular weight excluding hydrogens is 352 g/mol. The van der Waals surface area contributed by atoms with Crippen LogP contribution in [0.5, 0.6) is 5.75 Å². The second-order valence-electron chi connectivity index (χ2n) is 6.49. The molecule has 1 aliphatic heterocycles. The molecule has 1 N–H and O–H groups in total. The van der Waals surface area contributed by atoms with Crippen LogP contribution in [0.4, 0.5) is 4.79 Å². The Kier molecular flexibility index (Phi) is 4.03. The molecule has 2 heterocycles. The maximum Gasteiger partial charge on any atom is 0.325 e. The van der Waals surface area contributed by atoms with Gasteiger partial charge in [0.05, 0.1) is 13.7 Å². The smallest absolute Gasteiger partial charge is 0.325 e. The third kappa shape index (κ3) is 2.50. The van der Waals surface area contributed by atoms with Crippen LogP contribution in [0.3, 0.4) is 0 Å². The van der Waals surface area contributed by atoms with Crippen LogP contribution >= 0.6 is 11.3 Å². The fraction of sp³-hybridized carbons (Fsp3) is 0.316. The molecule has 2 aromatic rings. The summed E-state index contributed by atoms with van der Waals surface area (Å²) >= 11 is 1.60. The number of ketones is 1. The Bertz CT molecular complexity index is 906. The number of fused-ring (bicyclic) bond motifs is 2. The van der Waals surface area contributed by atoms with Gasteiger partial charge in [0.2, 0.25) is 0 Å². The minimum absolute atomic E-state index is 0.279. The third-order valence-electron chi connectivity index (χ3n) is 5.03. The maximum atomic E-state index is 13.1. The number of nitrogens with one attached hydrogen (secondary N) is 1. The van der Waals surface area contributed by atoms with Gasteiger partial charge in [-0.05, 0) is 42.8 Å². The molecule has 1 spiro atoms. The average molecular weight is 370 g/mol. The molecule has 6 nitrogen and oxygen atoms in total. The highest BCUT2D eigenvalue weighted by molar-refractivity contribution is 7.10. The molecule has 1 aromatic carbocycles. The number of carbonyl (C=O) groups excluding carboxylic acids is 3. The minimum Gasteiger partial charge on any atom is -0.497 e. The van der Waals surface area contributed by atoms with Gasteiger partial charge >= 0.3 is 6.03 Å². The van der Waals surface area contributed by atoms with Crippen molar-refractivity contribution in [2.75, 3.05) is 13.7 Å². The van der Waals surface area contributed by atoms with Gasteiger partial charge in [0.25, 0.3) is 5.91 Å². The van der Waals surface area contributed by atoms with Gasteiger partial charge in [-0.3, -0.25) is 14.5 Å².